The SMILES string of the molecule is C[C@H](NC(=O)CN(c1ccc(C(F)(F)F)cc1)S(C)(=O)=O)c1ccc(S(C)(=O)=O)cc1. The van der Waals surface area contributed by atoms with E-state index in [1.807, 2.05) is 0 Å². The number of hydrogen-bond donors (Lipinski definition) is 1. The number of benzene rings is 2. The van der Waals surface area contributed by atoms with Gasteiger partial charge in [0.2, 0.25) is 15.9 Å². The summed E-state index contributed by atoms with van der Waals surface area (Å²) in [6.45, 7) is 0.978. The van der Waals surface area contributed by atoms with Crippen LogP contribution in [0.4, 0.5) is 18.9 Å². The zero-order chi connectivity index (χ0) is 23.6. The van der Waals surface area contributed by atoms with Gasteiger partial charge in [0.15, 0.2) is 9.84 Å². The Morgan fingerprint density at radius 1 is 0.968 bits per heavy atom. The maximum Gasteiger partial charge on any atom is 0.416 e. The van der Waals surface area contributed by atoms with Crippen LogP contribution in [0, 0.1) is 0 Å². The van der Waals surface area contributed by atoms with Crippen molar-refractivity contribution < 1.29 is 34.8 Å². The molecule has 0 spiro atoms. The Morgan fingerprint density at radius 3 is 1.90 bits per heavy atom. The van der Waals surface area contributed by atoms with Crippen molar-refractivity contribution in [2.24, 2.45) is 0 Å². The normalized spacial score (nSPS) is 13.5. The van der Waals surface area contributed by atoms with Crippen molar-refractivity contribution in [3.8, 4) is 0 Å². The van der Waals surface area contributed by atoms with Gasteiger partial charge >= 0.3 is 6.18 Å². The smallest absolute Gasteiger partial charge is 0.348 e. The number of sulfone groups is 1. The van der Waals surface area contributed by atoms with Crippen LogP contribution in [-0.4, -0.2) is 41.8 Å². The molecule has 1 N–H and O–H groups in total. The minimum Gasteiger partial charge on any atom is -0.348 e. The first kappa shape index (κ1) is 24.7. The fraction of sp³-hybridized carbons (Fsp3) is 0.316. The number of carbonyl (C=O) groups is 1. The van der Waals surface area contributed by atoms with Crippen LogP contribution in [-0.2, 0) is 30.8 Å². The Balaban J connectivity index is 2.16. The van der Waals surface area contributed by atoms with Gasteiger partial charge in [-0.1, -0.05) is 12.1 Å². The zero-order valence-corrected chi connectivity index (χ0v) is 18.5. The Hall–Kier alpha value is -2.60. The van der Waals surface area contributed by atoms with E-state index in [0.717, 1.165) is 36.8 Å². The van der Waals surface area contributed by atoms with Crippen molar-refractivity contribution in [2.75, 3.05) is 23.4 Å². The van der Waals surface area contributed by atoms with Gasteiger partial charge in [0, 0.05) is 6.26 Å². The number of carbonyl (C=O) groups excluding carboxylic acids is 1. The Bertz CT molecular complexity index is 1140. The molecular formula is C19H21F3N2O5S2. The molecule has 0 aliphatic heterocycles. The van der Waals surface area contributed by atoms with Crippen molar-refractivity contribution in [3.05, 3.63) is 59.7 Å². The molecule has 12 heteroatoms. The van der Waals surface area contributed by atoms with Crippen LogP contribution in [0.1, 0.15) is 24.1 Å². The third-order valence-electron chi connectivity index (χ3n) is 4.36. The topological polar surface area (TPSA) is 101 Å². The van der Waals surface area contributed by atoms with Crippen LogP contribution in [0.2, 0.25) is 0 Å². The molecule has 1 amide bonds. The van der Waals surface area contributed by atoms with E-state index in [-0.39, 0.29) is 10.6 Å². The molecule has 2 aromatic carbocycles. The van der Waals surface area contributed by atoms with Crippen molar-refractivity contribution in [1.82, 2.24) is 5.32 Å². The molecule has 0 aliphatic carbocycles. The first-order valence-electron chi connectivity index (χ1n) is 8.83. The first-order valence-corrected chi connectivity index (χ1v) is 12.6. The molecule has 1 atom stereocenters. The third-order valence-corrected chi connectivity index (χ3v) is 6.62. The van der Waals surface area contributed by atoms with Crippen LogP contribution in [0.3, 0.4) is 0 Å². The predicted molar refractivity (Wildman–Crippen MR) is 110 cm³/mol. The van der Waals surface area contributed by atoms with E-state index in [0.29, 0.717) is 9.87 Å². The molecule has 7 nitrogen and oxygen atoms in total. The van der Waals surface area contributed by atoms with Crippen molar-refractivity contribution in [2.45, 2.75) is 24.0 Å². The van der Waals surface area contributed by atoms with E-state index in [9.17, 15) is 34.8 Å². The van der Waals surface area contributed by atoms with E-state index in [1.54, 1.807) is 6.92 Å². The van der Waals surface area contributed by atoms with Gasteiger partial charge in [-0.15, -0.1) is 0 Å². The second-order valence-corrected chi connectivity index (χ2v) is 10.9. The number of hydrogen-bond acceptors (Lipinski definition) is 5. The summed E-state index contributed by atoms with van der Waals surface area (Å²) in [7, 11) is -7.33. The zero-order valence-electron chi connectivity index (χ0n) is 16.8. The Morgan fingerprint density at radius 2 is 1.48 bits per heavy atom. The maximum atomic E-state index is 12.7. The molecule has 2 aromatic rings. The van der Waals surface area contributed by atoms with Crippen LogP contribution < -0.4 is 9.62 Å². The first-order chi connectivity index (χ1) is 14.1. The monoisotopic (exact) mass is 478 g/mol. The molecule has 0 aliphatic rings. The van der Waals surface area contributed by atoms with E-state index in [1.165, 1.54) is 24.3 Å². The Kier molecular flexibility index (Phi) is 7.06. The van der Waals surface area contributed by atoms with Gasteiger partial charge in [0.25, 0.3) is 0 Å². The largest absolute Gasteiger partial charge is 0.416 e. The highest BCUT2D eigenvalue weighted by Gasteiger charge is 2.31. The molecule has 0 fully saturated rings. The number of sulfonamides is 1. The fourth-order valence-electron chi connectivity index (χ4n) is 2.72. The number of rotatable bonds is 7. The second-order valence-electron chi connectivity index (χ2n) is 6.94. The van der Waals surface area contributed by atoms with Crippen molar-refractivity contribution >= 4 is 31.5 Å². The van der Waals surface area contributed by atoms with Gasteiger partial charge in [-0.05, 0) is 48.9 Å². The molecular weight excluding hydrogens is 457 g/mol. The summed E-state index contributed by atoms with van der Waals surface area (Å²) in [6, 6.07) is 8.66. The summed E-state index contributed by atoms with van der Waals surface area (Å²) in [5.74, 6) is -0.690. The van der Waals surface area contributed by atoms with Crippen molar-refractivity contribution in [3.63, 3.8) is 0 Å². The van der Waals surface area contributed by atoms with Gasteiger partial charge in [-0.2, -0.15) is 13.2 Å². The second kappa shape index (κ2) is 8.87. The minimum atomic E-state index is -4.58. The minimum absolute atomic E-state index is 0.0872. The molecule has 0 bridgehead atoms. The number of alkyl halides is 3. The lowest BCUT2D eigenvalue weighted by Crippen LogP contribution is -2.41. The van der Waals surface area contributed by atoms with Crippen LogP contribution in [0.25, 0.3) is 0 Å². The standard InChI is InChI=1S/C19H21F3N2O5S2/c1-13(14-4-10-17(11-5-14)30(2,26)27)23-18(25)12-24(31(3,28)29)16-8-6-15(7-9-16)19(20,21)22/h4-11,13H,12H2,1-3H3,(H,23,25)/t13-/m0/s1. The van der Waals surface area contributed by atoms with E-state index >= 15 is 0 Å². The van der Waals surface area contributed by atoms with Gasteiger partial charge in [-0.25, -0.2) is 16.8 Å². The Labute approximate surface area is 178 Å². The summed E-state index contributed by atoms with van der Waals surface area (Å²) >= 11 is 0. The summed E-state index contributed by atoms with van der Waals surface area (Å²) < 4.78 is 86.1. The van der Waals surface area contributed by atoms with Crippen LogP contribution in [0.15, 0.2) is 53.4 Å². The summed E-state index contributed by atoms with van der Waals surface area (Å²) in [4.78, 5) is 12.5. The number of halogens is 3. The lowest BCUT2D eigenvalue weighted by atomic mass is 10.1. The fourth-order valence-corrected chi connectivity index (χ4v) is 4.21. The molecule has 0 saturated carbocycles. The average molecular weight is 479 g/mol. The molecule has 0 saturated heterocycles. The maximum absolute atomic E-state index is 12.7. The molecule has 170 valence electrons. The number of nitrogens with one attached hydrogen (secondary N) is 1. The summed E-state index contributed by atoms with van der Waals surface area (Å²) in [6.07, 6.45) is -2.67. The lowest BCUT2D eigenvalue weighted by molar-refractivity contribution is -0.137. The molecule has 0 radical (unpaired) electrons. The molecule has 31 heavy (non-hydrogen) atoms. The number of anilines is 1. The summed E-state index contributed by atoms with van der Waals surface area (Å²) in [5.41, 5.74) is -0.447. The third kappa shape index (κ3) is 6.69. The molecule has 0 unspecified atom stereocenters. The quantitative estimate of drug-likeness (QED) is 0.660. The lowest BCUT2D eigenvalue weighted by Gasteiger charge is -2.23. The van der Waals surface area contributed by atoms with Gasteiger partial charge in [0.05, 0.1) is 28.4 Å². The highest BCUT2D eigenvalue weighted by Crippen LogP contribution is 2.31. The van der Waals surface area contributed by atoms with Crippen LogP contribution in [0.5, 0.6) is 0 Å². The van der Waals surface area contributed by atoms with Gasteiger partial charge < -0.3 is 5.32 Å². The highest BCUT2D eigenvalue weighted by atomic mass is 32.2. The highest BCUT2D eigenvalue weighted by molar-refractivity contribution is 7.92. The van der Waals surface area contributed by atoms with E-state index < -0.39 is 50.1 Å². The van der Waals surface area contributed by atoms with Gasteiger partial charge in [-0.3, -0.25) is 9.10 Å². The van der Waals surface area contributed by atoms with Gasteiger partial charge in [0.1, 0.15) is 6.54 Å². The summed E-state index contributed by atoms with van der Waals surface area (Å²) in [5, 5.41) is 2.59. The average Bonchev–Trinajstić information content (AvgIpc) is 2.64. The van der Waals surface area contributed by atoms with Crippen LogP contribution >= 0.6 is 0 Å². The van der Waals surface area contributed by atoms with E-state index in [4.69, 9.17) is 0 Å². The van der Waals surface area contributed by atoms with E-state index in [2.05, 4.69) is 5.32 Å². The van der Waals surface area contributed by atoms with Crippen molar-refractivity contribution in [1.29, 1.82) is 0 Å². The number of amides is 1. The molecule has 0 aromatic heterocycles. The predicted octanol–water partition coefficient (Wildman–Crippen LogP) is 2.75. The molecule has 2 rings (SSSR count). The number of nitrogens with zero attached hydrogens (tertiary/aromatic N) is 1. The molecule has 0 heterocycles.